The van der Waals surface area contributed by atoms with Gasteiger partial charge in [-0.1, -0.05) is 30.3 Å². The maximum Gasteiger partial charge on any atom is 0.269 e. The normalized spacial score (nSPS) is 15.2. The maximum atomic E-state index is 13.5. The molecule has 1 saturated heterocycles. The third kappa shape index (κ3) is 5.03. The molecule has 1 heterocycles. The third-order valence-electron chi connectivity index (χ3n) is 5.69. The molecule has 0 saturated carbocycles. The number of anilines is 1. The van der Waals surface area contributed by atoms with Gasteiger partial charge in [-0.15, -0.1) is 0 Å². The lowest BCUT2D eigenvalue weighted by Gasteiger charge is -2.28. The Morgan fingerprint density at radius 1 is 1.03 bits per heavy atom. The highest BCUT2D eigenvalue weighted by Crippen LogP contribution is 2.29. The molecule has 0 radical (unpaired) electrons. The molecule has 4 rings (SSSR count). The predicted molar refractivity (Wildman–Crippen MR) is 128 cm³/mol. The van der Waals surface area contributed by atoms with Crippen LogP contribution in [0.2, 0.25) is 0 Å². The van der Waals surface area contributed by atoms with E-state index in [1.54, 1.807) is 24.3 Å². The van der Waals surface area contributed by atoms with E-state index in [2.05, 4.69) is 0 Å². The van der Waals surface area contributed by atoms with Crippen LogP contribution in [0.15, 0.2) is 78.9 Å². The Morgan fingerprint density at radius 3 is 2.29 bits per heavy atom. The number of nitrogens with zero attached hydrogens (tertiary/aromatic N) is 3. The minimum Gasteiger partial charge on any atom is -0.494 e. The zero-order valence-corrected chi connectivity index (χ0v) is 19.0. The number of benzene rings is 3. The maximum absolute atomic E-state index is 13.5. The smallest absolute Gasteiger partial charge is 0.269 e. The number of hydrogen-bond acceptors (Lipinski definition) is 6. The first-order valence-electron chi connectivity index (χ1n) is 11.1. The van der Waals surface area contributed by atoms with Gasteiger partial charge < -0.3 is 9.64 Å². The van der Waals surface area contributed by atoms with Gasteiger partial charge >= 0.3 is 0 Å². The number of amides is 3. The van der Waals surface area contributed by atoms with Gasteiger partial charge in [0.2, 0.25) is 5.91 Å². The average Bonchev–Trinajstić information content (AvgIpc) is 3.17. The van der Waals surface area contributed by atoms with Crippen LogP contribution in [0.4, 0.5) is 11.4 Å². The van der Waals surface area contributed by atoms with Crippen LogP contribution in [0, 0.1) is 10.1 Å². The largest absolute Gasteiger partial charge is 0.494 e. The molecule has 0 aliphatic carbocycles. The molecular formula is C26H23N3O6. The second-order valence-corrected chi connectivity index (χ2v) is 7.94. The number of nitro groups is 1. The standard InChI is InChI=1S/C26H23N3O6/c1-2-35-22-14-12-20(13-15-22)28-24(30)16-23(26(28)32)27(17-18-6-4-3-5-7-18)25(31)19-8-10-21(11-9-19)29(33)34/h3-15,23H,2,16-17H2,1H3. The molecular weight excluding hydrogens is 450 g/mol. The molecule has 1 aliphatic heterocycles. The van der Waals surface area contributed by atoms with Crippen molar-refractivity contribution in [1.29, 1.82) is 0 Å². The Kier molecular flexibility index (Phi) is 6.86. The minimum absolute atomic E-state index is 0.0947. The van der Waals surface area contributed by atoms with Gasteiger partial charge in [0, 0.05) is 24.2 Å². The van der Waals surface area contributed by atoms with Crippen molar-refractivity contribution in [2.45, 2.75) is 25.9 Å². The van der Waals surface area contributed by atoms with E-state index in [1.807, 2.05) is 37.3 Å². The second kappa shape index (κ2) is 10.2. The van der Waals surface area contributed by atoms with E-state index >= 15 is 0 Å². The fourth-order valence-electron chi connectivity index (χ4n) is 3.98. The molecule has 9 heteroatoms. The lowest BCUT2D eigenvalue weighted by Crippen LogP contribution is -2.45. The lowest BCUT2D eigenvalue weighted by molar-refractivity contribution is -0.384. The molecule has 178 valence electrons. The van der Waals surface area contributed by atoms with Crippen molar-refractivity contribution >= 4 is 29.1 Å². The fourth-order valence-corrected chi connectivity index (χ4v) is 3.98. The number of nitro benzene ring substituents is 1. The highest BCUT2D eigenvalue weighted by Gasteiger charge is 2.44. The molecule has 1 unspecified atom stereocenters. The summed E-state index contributed by atoms with van der Waals surface area (Å²) in [7, 11) is 0. The van der Waals surface area contributed by atoms with Crippen molar-refractivity contribution in [1.82, 2.24) is 4.90 Å². The van der Waals surface area contributed by atoms with Gasteiger partial charge in [-0.25, -0.2) is 4.90 Å². The van der Waals surface area contributed by atoms with Crippen LogP contribution in [0.1, 0.15) is 29.3 Å². The van der Waals surface area contributed by atoms with E-state index in [9.17, 15) is 24.5 Å². The molecule has 0 aromatic heterocycles. The first kappa shape index (κ1) is 23.6. The highest BCUT2D eigenvalue weighted by atomic mass is 16.6. The zero-order chi connectivity index (χ0) is 24.9. The highest BCUT2D eigenvalue weighted by molar-refractivity contribution is 6.23. The summed E-state index contributed by atoms with van der Waals surface area (Å²) in [5, 5.41) is 11.0. The van der Waals surface area contributed by atoms with Crippen LogP contribution in [-0.2, 0) is 16.1 Å². The van der Waals surface area contributed by atoms with Crippen LogP contribution >= 0.6 is 0 Å². The molecule has 1 aliphatic rings. The van der Waals surface area contributed by atoms with Crippen LogP contribution in [0.25, 0.3) is 0 Å². The Bertz CT molecular complexity index is 1240. The monoisotopic (exact) mass is 473 g/mol. The fraction of sp³-hybridized carbons (Fsp3) is 0.192. The van der Waals surface area contributed by atoms with Crippen molar-refractivity contribution < 1.29 is 24.0 Å². The number of imide groups is 1. The third-order valence-corrected chi connectivity index (χ3v) is 5.69. The van der Waals surface area contributed by atoms with Gasteiger partial charge in [-0.3, -0.25) is 24.5 Å². The Morgan fingerprint density at radius 2 is 1.69 bits per heavy atom. The zero-order valence-electron chi connectivity index (χ0n) is 19.0. The minimum atomic E-state index is -1.02. The van der Waals surface area contributed by atoms with Crippen molar-refractivity contribution in [3.05, 3.63) is 100 Å². The summed E-state index contributed by atoms with van der Waals surface area (Å²) < 4.78 is 5.42. The van der Waals surface area contributed by atoms with Gasteiger partial charge in [0.05, 0.1) is 23.6 Å². The van der Waals surface area contributed by atoms with Crippen molar-refractivity contribution in [2.75, 3.05) is 11.5 Å². The molecule has 0 spiro atoms. The van der Waals surface area contributed by atoms with Gasteiger partial charge in [-0.05, 0) is 48.9 Å². The van der Waals surface area contributed by atoms with E-state index in [1.165, 1.54) is 29.2 Å². The van der Waals surface area contributed by atoms with Crippen molar-refractivity contribution in [3.63, 3.8) is 0 Å². The van der Waals surface area contributed by atoms with E-state index in [0.29, 0.717) is 18.0 Å². The molecule has 3 amide bonds. The number of carbonyl (C=O) groups is 3. The van der Waals surface area contributed by atoms with Crippen LogP contribution in [0.3, 0.4) is 0 Å². The number of rotatable bonds is 8. The number of non-ortho nitro benzene ring substituents is 1. The Labute approximate surface area is 201 Å². The molecule has 1 fully saturated rings. The first-order valence-corrected chi connectivity index (χ1v) is 11.1. The summed E-state index contributed by atoms with van der Waals surface area (Å²) in [5.41, 5.74) is 1.21. The molecule has 3 aromatic carbocycles. The van der Waals surface area contributed by atoms with Gasteiger partial charge in [0.1, 0.15) is 11.8 Å². The van der Waals surface area contributed by atoms with E-state index < -0.39 is 28.7 Å². The lowest BCUT2D eigenvalue weighted by atomic mass is 10.1. The predicted octanol–water partition coefficient (Wildman–Crippen LogP) is 3.97. The molecule has 9 nitrogen and oxygen atoms in total. The molecule has 1 atom stereocenters. The topological polar surface area (TPSA) is 110 Å². The summed E-state index contributed by atoms with van der Waals surface area (Å²) in [6.45, 7) is 2.44. The van der Waals surface area contributed by atoms with E-state index in [-0.39, 0.29) is 24.2 Å². The summed E-state index contributed by atoms with van der Waals surface area (Å²) in [6, 6.07) is 19.9. The van der Waals surface area contributed by atoms with Crippen LogP contribution in [-0.4, -0.2) is 40.2 Å². The van der Waals surface area contributed by atoms with Crippen LogP contribution < -0.4 is 9.64 Å². The van der Waals surface area contributed by atoms with E-state index in [0.717, 1.165) is 10.5 Å². The second-order valence-electron chi connectivity index (χ2n) is 7.94. The van der Waals surface area contributed by atoms with Crippen molar-refractivity contribution in [2.24, 2.45) is 0 Å². The molecule has 0 N–H and O–H groups in total. The summed E-state index contributed by atoms with van der Waals surface area (Å²) >= 11 is 0. The number of carbonyl (C=O) groups excluding carboxylic acids is 3. The average molecular weight is 473 g/mol. The molecule has 3 aromatic rings. The number of ether oxygens (including phenoxy) is 1. The number of hydrogen-bond donors (Lipinski definition) is 0. The van der Waals surface area contributed by atoms with Crippen molar-refractivity contribution in [3.8, 4) is 5.75 Å². The first-order chi connectivity index (χ1) is 16.9. The molecule has 0 bridgehead atoms. The summed E-state index contributed by atoms with van der Waals surface area (Å²) in [5.74, 6) is -0.807. The Balaban J connectivity index is 1.64. The Hall–Kier alpha value is -4.53. The van der Waals surface area contributed by atoms with Gasteiger partial charge in [-0.2, -0.15) is 0 Å². The quantitative estimate of drug-likeness (QED) is 0.278. The van der Waals surface area contributed by atoms with E-state index in [4.69, 9.17) is 4.74 Å². The molecule has 35 heavy (non-hydrogen) atoms. The van der Waals surface area contributed by atoms with Gasteiger partial charge in [0.25, 0.3) is 17.5 Å². The van der Waals surface area contributed by atoms with Crippen LogP contribution in [0.5, 0.6) is 5.75 Å². The van der Waals surface area contributed by atoms with Gasteiger partial charge in [0.15, 0.2) is 0 Å². The summed E-state index contributed by atoms with van der Waals surface area (Å²) in [6.07, 6.45) is -0.169. The SMILES string of the molecule is CCOc1ccc(N2C(=O)CC(N(Cc3ccccc3)C(=O)c3ccc([N+](=O)[O-])cc3)C2=O)cc1. The summed E-state index contributed by atoms with van der Waals surface area (Å²) in [4.78, 5) is 52.7.